The van der Waals surface area contributed by atoms with Crippen LogP contribution in [0.15, 0.2) is 18.2 Å². The van der Waals surface area contributed by atoms with Gasteiger partial charge in [0.2, 0.25) is 5.91 Å². The molecule has 5 nitrogen and oxygen atoms in total. The summed E-state index contributed by atoms with van der Waals surface area (Å²) in [5, 5.41) is 11.8. The number of carboxylic acids is 1. The molecule has 6 heteroatoms. The van der Waals surface area contributed by atoms with Crippen LogP contribution in [0, 0.1) is 0 Å². The summed E-state index contributed by atoms with van der Waals surface area (Å²) in [6.45, 7) is 0. The molecule has 1 aromatic carbocycles. The van der Waals surface area contributed by atoms with E-state index in [0.717, 1.165) is 19.3 Å². The number of benzene rings is 1. The molecule has 0 atom stereocenters. The molecule has 0 spiro atoms. The molecular formula is C13H15ClN2O3. The van der Waals surface area contributed by atoms with Crippen molar-refractivity contribution in [3.8, 4) is 0 Å². The highest BCUT2D eigenvalue weighted by molar-refractivity contribution is 6.33. The van der Waals surface area contributed by atoms with E-state index >= 15 is 0 Å². The van der Waals surface area contributed by atoms with E-state index in [9.17, 15) is 9.59 Å². The monoisotopic (exact) mass is 282 g/mol. The standard InChI is InChI=1S/C13H15ClN2O3/c14-9-3-2-8(12(18)19)6-10(9)16-11(17)7-13(15)4-1-5-13/h2-3,6H,1,4-5,7,15H2,(H,16,17)(H,18,19). The number of hydrogen-bond acceptors (Lipinski definition) is 3. The molecule has 0 radical (unpaired) electrons. The summed E-state index contributed by atoms with van der Waals surface area (Å²) in [7, 11) is 0. The molecule has 0 heterocycles. The first kappa shape index (κ1) is 13.8. The lowest BCUT2D eigenvalue weighted by Crippen LogP contribution is -2.48. The molecule has 19 heavy (non-hydrogen) atoms. The summed E-state index contributed by atoms with van der Waals surface area (Å²) in [5.74, 6) is -1.31. The molecule has 102 valence electrons. The van der Waals surface area contributed by atoms with Crippen molar-refractivity contribution in [3.63, 3.8) is 0 Å². The second kappa shape index (κ2) is 5.19. The summed E-state index contributed by atoms with van der Waals surface area (Å²) >= 11 is 5.93. The van der Waals surface area contributed by atoms with Crippen LogP contribution in [0.3, 0.4) is 0 Å². The first-order valence-corrected chi connectivity index (χ1v) is 6.39. The molecule has 0 aliphatic heterocycles. The smallest absolute Gasteiger partial charge is 0.335 e. The van der Waals surface area contributed by atoms with Gasteiger partial charge >= 0.3 is 5.97 Å². The van der Waals surface area contributed by atoms with Crippen LogP contribution in [0.5, 0.6) is 0 Å². The summed E-state index contributed by atoms with van der Waals surface area (Å²) in [6, 6.07) is 4.17. The number of amides is 1. The van der Waals surface area contributed by atoms with Gasteiger partial charge in [0.05, 0.1) is 16.3 Å². The summed E-state index contributed by atoms with van der Waals surface area (Å²) < 4.78 is 0. The minimum atomic E-state index is -1.07. The van der Waals surface area contributed by atoms with Crippen LogP contribution in [0.2, 0.25) is 5.02 Å². The molecule has 1 aromatic rings. The molecule has 0 unspecified atom stereocenters. The van der Waals surface area contributed by atoms with Gasteiger partial charge in [-0.1, -0.05) is 11.6 Å². The third-order valence-corrected chi connectivity index (χ3v) is 3.68. The Morgan fingerprint density at radius 3 is 2.63 bits per heavy atom. The number of nitrogens with one attached hydrogen (secondary N) is 1. The zero-order chi connectivity index (χ0) is 14.0. The van der Waals surface area contributed by atoms with E-state index < -0.39 is 11.5 Å². The average Bonchev–Trinajstić information content (AvgIpc) is 2.29. The van der Waals surface area contributed by atoms with Gasteiger partial charge in [0.1, 0.15) is 0 Å². The van der Waals surface area contributed by atoms with E-state index in [2.05, 4.69) is 5.32 Å². The number of anilines is 1. The first-order chi connectivity index (χ1) is 8.89. The molecular weight excluding hydrogens is 268 g/mol. The topological polar surface area (TPSA) is 92.4 Å². The molecule has 4 N–H and O–H groups in total. The fraction of sp³-hybridized carbons (Fsp3) is 0.385. The van der Waals surface area contributed by atoms with Gasteiger partial charge in [-0.05, 0) is 37.5 Å². The van der Waals surface area contributed by atoms with Crippen molar-refractivity contribution in [1.82, 2.24) is 0 Å². The lowest BCUT2D eigenvalue weighted by molar-refractivity contribution is -0.118. The van der Waals surface area contributed by atoms with Gasteiger partial charge in [0, 0.05) is 12.0 Å². The summed E-state index contributed by atoms with van der Waals surface area (Å²) in [5.41, 5.74) is 5.95. The summed E-state index contributed by atoms with van der Waals surface area (Å²) in [6.07, 6.45) is 2.94. The fourth-order valence-electron chi connectivity index (χ4n) is 2.08. The van der Waals surface area contributed by atoms with Crippen molar-refractivity contribution in [2.24, 2.45) is 5.73 Å². The van der Waals surface area contributed by atoms with E-state index in [-0.39, 0.29) is 17.9 Å². The first-order valence-electron chi connectivity index (χ1n) is 6.01. The number of hydrogen-bond donors (Lipinski definition) is 3. The number of halogens is 1. The Morgan fingerprint density at radius 1 is 1.42 bits per heavy atom. The third-order valence-electron chi connectivity index (χ3n) is 3.35. The number of rotatable bonds is 4. The molecule has 1 aliphatic carbocycles. The fourth-order valence-corrected chi connectivity index (χ4v) is 2.24. The van der Waals surface area contributed by atoms with Crippen LogP contribution in [0.1, 0.15) is 36.0 Å². The largest absolute Gasteiger partial charge is 0.478 e. The van der Waals surface area contributed by atoms with Crippen molar-refractivity contribution >= 4 is 29.2 Å². The predicted octanol–water partition coefficient (Wildman–Crippen LogP) is 2.25. The molecule has 2 rings (SSSR count). The second-order valence-electron chi connectivity index (χ2n) is 4.94. The maximum atomic E-state index is 11.9. The molecule has 1 fully saturated rings. The maximum absolute atomic E-state index is 11.9. The van der Waals surface area contributed by atoms with Crippen LogP contribution in [-0.2, 0) is 4.79 Å². The Hall–Kier alpha value is -1.59. The highest BCUT2D eigenvalue weighted by Crippen LogP contribution is 2.32. The number of carboxylic acid groups (broad SMARTS) is 1. The zero-order valence-electron chi connectivity index (χ0n) is 10.3. The van der Waals surface area contributed by atoms with Crippen LogP contribution in [0.25, 0.3) is 0 Å². The molecule has 1 saturated carbocycles. The van der Waals surface area contributed by atoms with Crippen molar-refractivity contribution in [2.75, 3.05) is 5.32 Å². The average molecular weight is 283 g/mol. The molecule has 0 saturated heterocycles. The number of carbonyl (C=O) groups excluding carboxylic acids is 1. The van der Waals surface area contributed by atoms with Gasteiger partial charge in [-0.25, -0.2) is 4.79 Å². The Morgan fingerprint density at radius 2 is 2.11 bits per heavy atom. The van der Waals surface area contributed by atoms with Crippen LogP contribution in [-0.4, -0.2) is 22.5 Å². The second-order valence-corrected chi connectivity index (χ2v) is 5.35. The van der Waals surface area contributed by atoms with Crippen LogP contribution >= 0.6 is 11.6 Å². The lowest BCUT2D eigenvalue weighted by atomic mass is 9.75. The lowest BCUT2D eigenvalue weighted by Gasteiger charge is -2.37. The van der Waals surface area contributed by atoms with Crippen LogP contribution < -0.4 is 11.1 Å². The zero-order valence-corrected chi connectivity index (χ0v) is 11.0. The van der Waals surface area contributed by atoms with E-state index in [4.69, 9.17) is 22.4 Å². The minimum Gasteiger partial charge on any atom is -0.478 e. The van der Waals surface area contributed by atoms with Crippen molar-refractivity contribution in [1.29, 1.82) is 0 Å². The van der Waals surface area contributed by atoms with Crippen molar-refractivity contribution in [3.05, 3.63) is 28.8 Å². The highest BCUT2D eigenvalue weighted by Gasteiger charge is 2.34. The van der Waals surface area contributed by atoms with Crippen LogP contribution in [0.4, 0.5) is 5.69 Å². The highest BCUT2D eigenvalue weighted by atomic mass is 35.5. The van der Waals surface area contributed by atoms with Crippen molar-refractivity contribution < 1.29 is 14.7 Å². The predicted molar refractivity (Wildman–Crippen MR) is 72.4 cm³/mol. The van der Waals surface area contributed by atoms with E-state index in [1.165, 1.54) is 18.2 Å². The Labute approximate surface area is 115 Å². The van der Waals surface area contributed by atoms with E-state index in [0.29, 0.717) is 10.7 Å². The van der Waals surface area contributed by atoms with Gasteiger partial charge in [0.25, 0.3) is 0 Å². The normalized spacial score (nSPS) is 16.5. The van der Waals surface area contributed by atoms with E-state index in [1.54, 1.807) is 0 Å². The molecule has 1 aliphatic rings. The molecule has 0 bridgehead atoms. The number of carbonyl (C=O) groups is 2. The quantitative estimate of drug-likeness (QED) is 0.790. The Balaban J connectivity index is 2.07. The Bertz CT molecular complexity index is 527. The molecule has 1 amide bonds. The number of aromatic carboxylic acids is 1. The minimum absolute atomic E-state index is 0.0748. The van der Waals surface area contributed by atoms with Crippen molar-refractivity contribution in [2.45, 2.75) is 31.2 Å². The molecule has 0 aromatic heterocycles. The third kappa shape index (κ3) is 3.24. The van der Waals surface area contributed by atoms with Gasteiger partial charge in [-0.15, -0.1) is 0 Å². The van der Waals surface area contributed by atoms with Gasteiger partial charge in [-0.3, -0.25) is 4.79 Å². The van der Waals surface area contributed by atoms with Gasteiger partial charge in [-0.2, -0.15) is 0 Å². The SMILES string of the molecule is NC1(CC(=O)Nc2cc(C(=O)O)ccc2Cl)CCC1. The van der Waals surface area contributed by atoms with E-state index in [1.807, 2.05) is 0 Å². The number of nitrogens with two attached hydrogens (primary N) is 1. The Kier molecular flexibility index (Phi) is 3.78. The maximum Gasteiger partial charge on any atom is 0.335 e. The van der Waals surface area contributed by atoms with Gasteiger partial charge < -0.3 is 16.2 Å². The summed E-state index contributed by atoms with van der Waals surface area (Å²) in [4.78, 5) is 22.7. The van der Waals surface area contributed by atoms with Gasteiger partial charge in [0.15, 0.2) is 0 Å².